The number of nitrogens with zero attached hydrogens (tertiary/aromatic N) is 1. The van der Waals surface area contributed by atoms with Gasteiger partial charge in [-0.25, -0.2) is 8.42 Å². The van der Waals surface area contributed by atoms with Gasteiger partial charge in [-0.3, -0.25) is 9.59 Å². The Morgan fingerprint density at radius 1 is 1.26 bits per heavy atom. The van der Waals surface area contributed by atoms with Crippen LogP contribution in [0.4, 0.5) is 0 Å². The Labute approximate surface area is 136 Å². The highest BCUT2D eigenvalue weighted by molar-refractivity contribution is 7.89. The van der Waals surface area contributed by atoms with Crippen molar-refractivity contribution in [1.29, 1.82) is 0 Å². The van der Waals surface area contributed by atoms with Crippen LogP contribution in [-0.2, 0) is 26.0 Å². The second-order valence-electron chi connectivity index (χ2n) is 5.19. The van der Waals surface area contributed by atoms with Crippen molar-refractivity contribution in [3.05, 3.63) is 35.9 Å². The molecule has 128 valence electrons. The molecule has 0 aliphatic rings. The van der Waals surface area contributed by atoms with Crippen molar-refractivity contribution < 1.29 is 23.1 Å². The molecule has 0 fully saturated rings. The summed E-state index contributed by atoms with van der Waals surface area (Å²) < 4.78 is 24.1. The summed E-state index contributed by atoms with van der Waals surface area (Å²) in [6, 6.07) is 9.11. The van der Waals surface area contributed by atoms with E-state index < -0.39 is 27.8 Å². The number of rotatable bonds is 9. The van der Waals surface area contributed by atoms with Crippen molar-refractivity contribution >= 4 is 21.9 Å². The first-order valence-electron chi connectivity index (χ1n) is 7.23. The number of amides is 1. The molecule has 0 aliphatic heterocycles. The molecule has 8 heteroatoms. The molecule has 0 heterocycles. The first-order valence-corrected chi connectivity index (χ1v) is 8.84. The van der Waals surface area contributed by atoms with E-state index in [0.29, 0.717) is 6.42 Å². The topological polar surface area (TPSA) is 104 Å². The summed E-state index contributed by atoms with van der Waals surface area (Å²) in [5.41, 5.74) is 0.861. The first-order chi connectivity index (χ1) is 10.8. The molecule has 0 saturated carbocycles. The van der Waals surface area contributed by atoms with Gasteiger partial charge in [0.2, 0.25) is 15.9 Å². The zero-order valence-electron chi connectivity index (χ0n) is 13.2. The number of carboxylic acid groups (broad SMARTS) is 1. The lowest BCUT2D eigenvalue weighted by atomic mass is 9.99. The SMILES string of the molecule is CCS(=O)(=O)N(C)CC(=O)NCC(Cc1ccccc1)C(=O)O. The summed E-state index contributed by atoms with van der Waals surface area (Å²) in [5, 5.41) is 11.7. The second-order valence-corrected chi connectivity index (χ2v) is 7.55. The lowest BCUT2D eigenvalue weighted by Gasteiger charge is -2.17. The minimum Gasteiger partial charge on any atom is -0.481 e. The van der Waals surface area contributed by atoms with Gasteiger partial charge in [0.25, 0.3) is 0 Å². The number of carboxylic acids is 1. The molecule has 1 aromatic carbocycles. The van der Waals surface area contributed by atoms with E-state index in [4.69, 9.17) is 0 Å². The Morgan fingerprint density at radius 2 is 1.87 bits per heavy atom. The highest BCUT2D eigenvalue weighted by atomic mass is 32.2. The smallest absolute Gasteiger partial charge is 0.308 e. The van der Waals surface area contributed by atoms with Crippen molar-refractivity contribution in [2.45, 2.75) is 13.3 Å². The summed E-state index contributed by atoms with van der Waals surface area (Å²) in [7, 11) is -2.12. The molecule has 1 aromatic rings. The van der Waals surface area contributed by atoms with Gasteiger partial charge in [0.15, 0.2) is 0 Å². The van der Waals surface area contributed by atoms with Gasteiger partial charge in [0.1, 0.15) is 0 Å². The van der Waals surface area contributed by atoms with Crippen molar-refractivity contribution in [2.75, 3.05) is 25.9 Å². The van der Waals surface area contributed by atoms with Crippen molar-refractivity contribution in [3.8, 4) is 0 Å². The molecule has 1 rings (SSSR count). The number of aliphatic carboxylic acids is 1. The van der Waals surface area contributed by atoms with Gasteiger partial charge < -0.3 is 10.4 Å². The molecule has 0 aliphatic carbocycles. The molecule has 0 aromatic heterocycles. The molecule has 1 unspecified atom stereocenters. The van der Waals surface area contributed by atoms with Gasteiger partial charge in [0, 0.05) is 13.6 Å². The Hall–Kier alpha value is -1.93. The van der Waals surface area contributed by atoms with Crippen LogP contribution in [0.3, 0.4) is 0 Å². The van der Waals surface area contributed by atoms with Crippen LogP contribution in [0.5, 0.6) is 0 Å². The third-order valence-corrected chi connectivity index (χ3v) is 5.23. The van der Waals surface area contributed by atoms with Crippen molar-refractivity contribution in [1.82, 2.24) is 9.62 Å². The lowest BCUT2D eigenvalue weighted by Crippen LogP contribution is -2.41. The molecule has 0 saturated heterocycles. The van der Waals surface area contributed by atoms with E-state index in [1.807, 2.05) is 30.3 Å². The molecule has 1 atom stereocenters. The maximum Gasteiger partial charge on any atom is 0.308 e. The van der Waals surface area contributed by atoms with Crippen LogP contribution in [0.2, 0.25) is 0 Å². The number of hydrogen-bond donors (Lipinski definition) is 2. The van der Waals surface area contributed by atoms with E-state index in [1.54, 1.807) is 0 Å². The van der Waals surface area contributed by atoms with Crippen LogP contribution in [-0.4, -0.2) is 55.6 Å². The predicted molar refractivity (Wildman–Crippen MR) is 86.4 cm³/mol. The quantitative estimate of drug-likeness (QED) is 0.673. The normalized spacial score (nSPS) is 12.8. The fraction of sp³-hybridized carbons (Fsp3) is 0.467. The van der Waals surface area contributed by atoms with Gasteiger partial charge in [-0.2, -0.15) is 4.31 Å². The summed E-state index contributed by atoms with van der Waals surface area (Å²) in [6.45, 7) is 1.11. The number of likely N-dealkylation sites (N-methyl/N-ethyl adjacent to an activating group) is 1. The third-order valence-electron chi connectivity index (χ3n) is 3.43. The van der Waals surface area contributed by atoms with Crippen LogP contribution in [0, 0.1) is 5.92 Å². The molecule has 0 spiro atoms. The summed E-state index contributed by atoms with van der Waals surface area (Å²) in [4.78, 5) is 23.1. The average Bonchev–Trinajstić information content (AvgIpc) is 2.51. The van der Waals surface area contributed by atoms with Gasteiger partial charge in [0.05, 0.1) is 18.2 Å². The van der Waals surface area contributed by atoms with Crippen molar-refractivity contribution in [2.24, 2.45) is 5.92 Å². The van der Waals surface area contributed by atoms with Gasteiger partial charge in [-0.05, 0) is 18.9 Å². The van der Waals surface area contributed by atoms with Crippen molar-refractivity contribution in [3.63, 3.8) is 0 Å². The monoisotopic (exact) mass is 342 g/mol. The molecule has 2 N–H and O–H groups in total. The van der Waals surface area contributed by atoms with Crippen LogP contribution in [0.25, 0.3) is 0 Å². The number of hydrogen-bond acceptors (Lipinski definition) is 4. The molecular weight excluding hydrogens is 320 g/mol. The van der Waals surface area contributed by atoms with Crippen LogP contribution >= 0.6 is 0 Å². The molecular formula is C15H22N2O5S. The zero-order valence-corrected chi connectivity index (χ0v) is 14.0. The molecule has 0 radical (unpaired) electrons. The Bertz CT molecular complexity index is 631. The summed E-state index contributed by atoms with van der Waals surface area (Å²) in [6.07, 6.45) is 0.291. The highest BCUT2D eigenvalue weighted by Gasteiger charge is 2.21. The lowest BCUT2D eigenvalue weighted by molar-refractivity contribution is -0.141. The number of nitrogens with one attached hydrogen (secondary N) is 1. The standard InChI is InChI=1S/C15H22N2O5S/c1-3-23(21,22)17(2)11-14(18)16-10-13(15(19)20)9-12-7-5-4-6-8-12/h4-8,13H,3,9-11H2,1-2H3,(H,16,18)(H,19,20). The zero-order chi connectivity index (χ0) is 17.5. The molecule has 1 amide bonds. The molecule has 0 bridgehead atoms. The van der Waals surface area contributed by atoms with Crippen LogP contribution in [0.1, 0.15) is 12.5 Å². The first kappa shape index (κ1) is 19.1. The predicted octanol–water partition coefficient (Wildman–Crippen LogP) is 0.328. The van der Waals surface area contributed by atoms with E-state index in [1.165, 1.54) is 14.0 Å². The average molecular weight is 342 g/mol. The van der Waals surface area contributed by atoms with Crippen LogP contribution in [0.15, 0.2) is 30.3 Å². The maximum absolute atomic E-state index is 11.8. The maximum atomic E-state index is 11.8. The Balaban J connectivity index is 2.55. The third kappa shape index (κ3) is 6.37. The van der Waals surface area contributed by atoms with Crippen LogP contribution < -0.4 is 5.32 Å². The van der Waals surface area contributed by atoms with Gasteiger partial charge in [-0.1, -0.05) is 30.3 Å². The summed E-state index contributed by atoms with van der Waals surface area (Å²) >= 11 is 0. The fourth-order valence-electron chi connectivity index (χ4n) is 1.96. The Morgan fingerprint density at radius 3 is 2.39 bits per heavy atom. The number of sulfonamides is 1. The minimum absolute atomic E-state index is 0.0525. The number of carbonyl (C=O) groups excluding carboxylic acids is 1. The van der Waals surface area contributed by atoms with E-state index in [-0.39, 0.29) is 18.8 Å². The van der Waals surface area contributed by atoms with E-state index in [9.17, 15) is 23.1 Å². The van der Waals surface area contributed by atoms with Gasteiger partial charge in [-0.15, -0.1) is 0 Å². The number of benzene rings is 1. The molecule has 7 nitrogen and oxygen atoms in total. The van der Waals surface area contributed by atoms with Gasteiger partial charge >= 0.3 is 5.97 Å². The second kappa shape index (κ2) is 8.64. The van der Waals surface area contributed by atoms with E-state index in [2.05, 4.69) is 5.32 Å². The van der Waals surface area contributed by atoms with E-state index in [0.717, 1.165) is 9.87 Å². The minimum atomic E-state index is -3.44. The fourth-order valence-corrected chi connectivity index (χ4v) is 2.71. The Kier molecular flexibility index (Phi) is 7.18. The molecule has 23 heavy (non-hydrogen) atoms. The largest absolute Gasteiger partial charge is 0.481 e. The highest BCUT2D eigenvalue weighted by Crippen LogP contribution is 2.08. The summed E-state index contributed by atoms with van der Waals surface area (Å²) in [5.74, 6) is -2.40. The van der Waals surface area contributed by atoms with E-state index >= 15 is 0 Å². The number of carbonyl (C=O) groups is 2.